The molecule has 2 N–H and O–H groups in total. The summed E-state index contributed by atoms with van der Waals surface area (Å²) < 4.78 is 21.9. The van der Waals surface area contributed by atoms with E-state index in [9.17, 15) is 9.18 Å². The molecule has 1 amide bonds. The summed E-state index contributed by atoms with van der Waals surface area (Å²) in [6.07, 6.45) is 4.70. The van der Waals surface area contributed by atoms with Crippen molar-refractivity contribution in [2.75, 3.05) is 51.0 Å². The average molecular weight is 722 g/mol. The second-order valence-corrected chi connectivity index (χ2v) is 15.3. The average Bonchev–Trinajstić information content (AvgIpc) is 3.64. The smallest absolute Gasteiger partial charge is 0.318 e. The molecule has 2 aromatic heterocycles. The highest BCUT2D eigenvalue weighted by Crippen LogP contribution is 2.47. The number of aryl methyl sites for hydroxylation is 1. The van der Waals surface area contributed by atoms with Gasteiger partial charge < -0.3 is 20.3 Å². The van der Waals surface area contributed by atoms with Crippen LogP contribution < -0.4 is 15.4 Å². The Hall–Kier alpha value is -2.77. The number of rotatable bonds is 6. The molecule has 47 heavy (non-hydrogen) atoms. The molecule has 10 nitrogen and oxygen atoms in total. The summed E-state index contributed by atoms with van der Waals surface area (Å²) in [4.78, 5) is 28.8. The molecule has 4 aliphatic heterocycles. The van der Waals surface area contributed by atoms with Crippen LogP contribution in [0, 0.1) is 0 Å². The van der Waals surface area contributed by atoms with Gasteiger partial charge >= 0.3 is 6.01 Å². The molecule has 2 saturated heterocycles. The standard InChI is InChI=1S/C32H36Cl3FN8O2S/c1-41(2)30(45)28-27(35)24-15-42(6-4-8-44(24)40-28)29-21-16-47-25(20-9-19(37)10-22(33)26(20)34)11-23(21)38-31(39-29)46-17-32-5-3-7-43(32)14-18(12-32)13-36/h9-10,13,25H,3-8,11-12,14-17,37H2,1-2H3/b18-13-/t25?,32-/m0/s1. The Morgan fingerprint density at radius 3 is 2.79 bits per heavy atom. The number of benzene rings is 1. The van der Waals surface area contributed by atoms with E-state index in [1.165, 1.54) is 4.90 Å². The zero-order chi connectivity index (χ0) is 33.0. The number of carbonyl (C=O) groups is 1. The molecule has 250 valence electrons. The maximum Gasteiger partial charge on any atom is 0.318 e. The number of ether oxygens (including phenoxy) is 1. The van der Waals surface area contributed by atoms with Crippen LogP contribution in [0.2, 0.25) is 15.1 Å². The highest BCUT2D eigenvalue weighted by atomic mass is 35.5. The van der Waals surface area contributed by atoms with Crippen LogP contribution in [0.3, 0.4) is 0 Å². The summed E-state index contributed by atoms with van der Waals surface area (Å²) in [5, 5.41) is 5.83. The quantitative estimate of drug-likeness (QED) is 0.293. The number of fused-ring (bicyclic) bond motifs is 3. The maximum atomic E-state index is 13.6. The highest BCUT2D eigenvalue weighted by molar-refractivity contribution is 7.98. The first-order valence-electron chi connectivity index (χ1n) is 15.7. The third-order valence-corrected chi connectivity index (χ3v) is 12.1. The molecule has 7 rings (SSSR count). The molecule has 4 aliphatic rings. The molecule has 2 atom stereocenters. The molecule has 0 spiro atoms. The SMILES string of the molecule is CN(C)C(=O)c1nn2c(c1Cl)CN(c1nc(OC[C@@]34CCCN3C/C(=C\F)C4)nc3c1CSC(c1cc(N)cc(Cl)c1Cl)C3)CCC2. The fourth-order valence-corrected chi connectivity index (χ4v) is 9.41. The molecular weight excluding hydrogens is 686 g/mol. The number of thioether (sulfide) groups is 1. The van der Waals surface area contributed by atoms with E-state index in [0.717, 1.165) is 66.0 Å². The van der Waals surface area contributed by atoms with E-state index in [1.807, 2.05) is 10.7 Å². The zero-order valence-electron chi connectivity index (χ0n) is 26.2. The fraction of sp³-hybridized carbons (Fsp3) is 0.500. The number of amides is 1. The number of hydrogen-bond donors (Lipinski definition) is 1. The van der Waals surface area contributed by atoms with Gasteiger partial charge in [-0.05, 0) is 55.5 Å². The van der Waals surface area contributed by atoms with Gasteiger partial charge in [0.1, 0.15) is 12.4 Å². The van der Waals surface area contributed by atoms with Crippen LogP contribution >= 0.6 is 46.6 Å². The van der Waals surface area contributed by atoms with Crippen LogP contribution in [0.4, 0.5) is 15.9 Å². The van der Waals surface area contributed by atoms with E-state index in [1.54, 1.807) is 31.9 Å². The van der Waals surface area contributed by atoms with Gasteiger partial charge in [-0.1, -0.05) is 34.8 Å². The molecule has 2 fully saturated rings. The van der Waals surface area contributed by atoms with Crippen LogP contribution in [0.1, 0.15) is 63.9 Å². The summed E-state index contributed by atoms with van der Waals surface area (Å²) >= 11 is 21.7. The summed E-state index contributed by atoms with van der Waals surface area (Å²) in [7, 11) is 3.37. The number of carbonyl (C=O) groups excluding carboxylic acids is 1. The Kier molecular flexibility index (Phi) is 9.01. The first-order chi connectivity index (χ1) is 22.6. The van der Waals surface area contributed by atoms with Crippen molar-refractivity contribution >= 4 is 64.0 Å². The van der Waals surface area contributed by atoms with Crippen LogP contribution in [-0.2, 0) is 25.3 Å². The number of halogens is 4. The first kappa shape index (κ1) is 32.8. The Morgan fingerprint density at radius 1 is 1.17 bits per heavy atom. The number of nitrogens with two attached hydrogens (primary N) is 1. The van der Waals surface area contributed by atoms with Gasteiger partial charge in [0, 0.05) is 62.4 Å². The molecule has 0 saturated carbocycles. The molecule has 1 unspecified atom stereocenters. The Balaban J connectivity index is 1.25. The predicted octanol–water partition coefficient (Wildman–Crippen LogP) is 6.33. The summed E-state index contributed by atoms with van der Waals surface area (Å²) in [5.41, 5.74) is 11.0. The van der Waals surface area contributed by atoms with Crippen LogP contribution in [0.5, 0.6) is 6.01 Å². The van der Waals surface area contributed by atoms with Crippen molar-refractivity contribution in [3.63, 3.8) is 0 Å². The topological polar surface area (TPSA) is 106 Å². The minimum absolute atomic E-state index is 0.0257. The van der Waals surface area contributed by atoms with E-state index in [2.05, 4.69) is 14.9 Å². The molecule has 0 bridgehead atoms. The Labute approximate surface area is 292 Å². The van der Waals surface area contributed by atoms with Gasteiger partial charge in [0.25, 0.3) is 5.91 Å². The lowest BCUT2D eigenvalue weighted by atomic mass is 9.94. The number of aromatic nitrogens is 4. The monoisotopic (exact) mass is 720 g/mol. The molecule has 0 radical (unpaired) electrons. The van der Waals surface area contributed by atoms with E-state index in [0.29, 0.717) is 72.1 Å². The molecule has 15 heteroatoms. The van der Waals surface area contributed by atoms with Gasteiger partial charge in [0.2, 0.25) is 0 Å². The fourth-order valence-electron chi connectivity index (χ4n) is 7.29. The van der Waals surface area contributed by atoms with Crippen LogP contribution in [0.25, 0.3) is 0 Å². The lowest BCUT2D eigenvalue weighted by molar-refractivity contribution is 0.0821. The van der Waals surface area contributed by atoms with Gasteiger partial charge in [0.15, 0.2) is 5.69 Å². The first-order valence-corrected chi connectivity index (χ1v) is 17.9. The van der Waals surface area contributed by atoms with E-state index in [4.69, 9.17) is 55.2 Å². The van der Waals surface area contributed by atoms with Gasteiger partial charge in [-0.2, -0.15) is 15.1 Å². The van der Waals surface area contributed by atoms with Crippen LogP contribution in [-0.4, -0.2) is 81.3 Å². The third-order valence-electron chi connectivity index (χ3n) is 9.64. The van der Waals surface area contributed by atoms with Gasteiger partial charge in [-0.15, -0.1) is 11.8 Å². The molecule has 6 heterocycles. The minimum Gasteiger partial charge on any atom is -0.461 e. The third kappa shape index (κ3) is 6.05. The van der Waals surface area contributed by atoms with E-state index < -0.39 is 0 Å². The summed E-state index contributed by atoms with van der Waals surface area (Å²) in [6.45, 7) is 3.65. The van der Waals surface area contributed by atoms with Crippen molar-refractivity contribution in [3.8, 4) is 6.01 Å². The second kappa shape index (κ2) is 12.9. The number of anilines is 2. The number of hydrogen-bond acceptors (Lipinski definition) is 9. The predicted molar refractivity (Wildman–Crippen MR) is 184 cm³/mol. The lowest BCUT2D eigenvalue weighted by Gasteiger charge is -2.32. The molecule has 1 aromatic carbocycles. The van der Waals surface area contributed by atoms with Crippen molar-refractivity contribution < 1.29 is 13.9 Å². The maximum absolute atomic E-state index is 13.6. The minimum atomic E-state index is -0.264. The molecular formula is C32H36Cl3FN8O2S. The normalized spacial score (nSPS) is 23.4. The second-order valence-electron chi connectivity index (χ2n) is 13.0. The largest absolute Gasteiger partial charge is 0.461 e. The van der Waals surface area contributed by atoms with Gasteiger partial charge in [0.05, 0.1) is 44.9 Å². The van der Waals surface area contributed by atoms with E-state index in [-0.39, 0.29) is 28.4 Å². The van der Waals surface area contributed by atoms with E-state index >= 15 is 0 Å². The van der Waals surface area contributed by atoms with Crippen molar-refractivity contribution in [2.45, 2.75) is 61.7 Å². The summed E-state index contributed by atoms with van der Waals surface area (Å²) in [5.74, 6) is 1.17. The molecule has 3 aromatic rings. The Bertz CT molecular complexity index is 1770. The highest BCUT2D eigenvalue weighted by Gasteiger charge is 2.47. The summed E-state index contributed by atoms with van der Waals surface area (Å²) in [6, 6.07) is 3.82. The van der Waals surface area contributed by atoms with Gasteiger partial charge in [-0.3, -0.25) is 14.4 Å². The lowest BCUT2D eigenvalue weighted by Crippen LogP contribution is -2.43. The van der Waals surface area contributed by atoms with Crippen molar-refractivity contribution in [3.05, 3.63) is 67.3 Å². The Morgan fingerprint density at radius 2 is 2.00 bits per heavy atom. The van der Waals surface area contributed by atoms with Crippen LogP contribution in [0.15, 0.2) is 24.0 Å². The van der Waals surface area contributed by atoms with Crippen molar-refractivity contribution in [1.29, 1.82) is 0 Å². The zero-order valence-corrected chi connectivity index (χ0v) is 29.3. The van der Waals surface area contributed by atoms with Crippen molar-refractivity contribution in [2.24, 2.45) is 0 Å². The van der Waals surface area contributed by atoms with Crippen molar-refractivity contribution in [1.82, 2.24) is 29.5 Å². The molecule has 0 aliphatic carbocycles. The number of nitrogens with zero attached hydrogens (tertiary/aromatic N) is 7. The van der Waals surface area contributed by atoms with Gasteiger partial charge in [-0.25, -0.2) is 4.39 Å². The number of nitrogen functional groups attached to an aromatic ring is 1.